The van der Waals surface area contributed by atoms with Crippen LogP contribution in [0, 0.1) is 0 Å². The van der Waals surface area contributed by atoms with Gasteiger partial charge in [-0.25, -0.2) is 4.99 Å². The molecule has 1 aromatic heterocycles. The van der Waals surface area contributed by atoms with Gasteiger partial charge in [0.1, 0.15) is 11.4 Å². The summed E-state index contributed by atoms with van der Waals surface area (Å²) in [6, 6.07) is 12.5. The van der Waals surface area contributed by atoms with Gasteiger partial charge < -0.3 is 14.2 Å². The molecule has 0 radical (unpaired) electrons. The highest BCUT2D eigenvalue weighted by molar-refractivity contribution is 8.14. The zero-order valence-electron chi connectivity index (χ0n) is 20.8. The summed E-state index contributed by atoms with van der Waals surface area (Å²) in [6.45, 7) is 2.51. The Morgan fingerprint density at radius 1 is 1.11 bits per heavy atom. The first kappa shape index (κ1) is 25.8. The molecule has 0 saturated heterocycles. The monoisotopic (exact) mass is 524 g/mol. The van der Waals surface area contributed by atoms with Crippen LogP contribution in [0.15, 0.2) is 63.9 Å². The zero-order chi connectivity index (χ0) is 26.4. The van der Waals surface area contributed by atoms with E-state index in [1.165, 1.54) is 26.2 Å². The number of hydrogen-bond donors (Lipinski definition) is 1. The lowest BCUT2D eigenvalue weighted by molar-refractivity contribution is -0.759. The number of methoxy groups -OCH3 is 3. The second-order valence-electron chi connectivity index (χ2n) is 7.61. The Morgan fingerprint density at radius 3 is 2.46 bits per heavy atom. The molecule has 0 saturated carbocycles. The predicted octanol–water partition coefficient (Wildman–Crippen LogP) is 3.12. The van der Waals surface area contributed by atoms with Crippen LogP contribution in [0.5, 0.6) is 17.2 Å². The molecule has 3 aromatic rings. The normalized spacial score (nSPS) is 14.1. The Kier molecular flexibility index (Phi) is 8.08. The van der Waals surface area contributed by atoms with Crippen LogP contribution >= 0.6 is 11.8 Å². The molecule has 2 amide bonds. The summed E-state index contributed by atoms with van der Waals surface area (Å²) in [4.78, 5) is 32.0. The number of carbonyl (C=O) groups excluding carboxylic acids is 2. The third kappa shape index (κ3) is 5.75. The quantitative estimate of drug-likeness (QED) is 0.335. The van der Waals surface area contributed by atoms with Crippen molar-refractivity contribution in [2.75, 3.05) is 37.3 Å². The van der Waals surface area contributed by atoms with Crippen molar-refractivity contribution in [1.29, 1.82) is 0 Å². The molecule has 1 aliphatic heterocycles. The molecule has 0 spiro atoms. The maximum atomic E-state index is 13.5. The number of thioether (sulfide) groups is 1. The molecule has 0 bridgehead atoms. The minimum Gasteiger partial charge on any atom is -0.496 e. The molecule has 1 aliphatic rings. The third-order valence-electron chi connectivity index (χ3n) is 5.30. The molecule has 4 rings (SSSR count). The fourth-order valence-electron chi connectivity index (χ4n) is 3.50. The largest absolute Gasteiger partial charge is 0.496 e. The van der Waals surface area contributed by atoms with Crippen molar-refractivity contribution >= 4 is 46.4 Å². The molecule has 1 N–H and O–H groups in total. The number of aryl methyl sites for hydroxylation is 1. The van der Waals surface area contributed by atoms with Crippen molar-refractivity contribution < 1.29 is 33.0 Å². The van der Waals surface area contributed by atoms with Crippen LogP contribution in [0.25, 0.3) is 6.08 Å². The lowest BCUT2D eigenvalue weighted by Crippen LogP contribution is -2.33. The van der Waals surface area contributed by atoms with Gasteiger partial charge in [0, 0.05) is 11.6 Å². The van der Waals surface area contributed by atoms with Crippen LogP contribution in [-0.2, 0) is 16.1 Å². The number of aromatic nitrogens is 2. The van der Waals surface area contributed by atoms with Crippen LogP contribution in [-0.4, -0.2) is 49.3 Å². The summed E-state index contributed by atoms with van der Waals surface area (Å²) >= 11 is 1.13. The van der Waals surface area contributed by atoms with Gasteiger partial charge in [-0.3, -0.25) is 24.3 Å². The number of ether oxygens (including phenoxy) is 3. The summed E-state index contributed by atoms with van der Waals surface area (Å²) < 4.78 is 22.9. The lowest BCUT2D eigenvalue weighted by Gasteiger charge is -2.17. The molecule has 2 heterocycles. The SMILES string of the molecule is CC[n+]1cc(NC(=O)CSC2=N/C(=C/c3cc(OC)c(OC)cc3OC)C(=O)N2c2ccccc2)on1. The van der Waals surface area contributed by atoms with Crippen molar-refractivity contribution in [1.82, 2.24) is 5.27 Å². The molecule has 11 nitrogen and oxygen atoms in total. The standard InChI is InChI=1S/C25H25N5O6S/c1-5-29-14-23(36-28-29)27-22(31)15-37-25-26-18(24(32)30(25)17-9-7-6-8-10-17)11-16-12-20(34-3)21(35-4)13-19(16)33-2/h6-14H,5,15H2,1-4H3/p+1/b18-11+. The molecule has 0 fully saturated rings. The van der Waals surface area contributed by atoms with E-state index in [4.69, 9.17) is 18.7 Å². The van der Waals surface area contributed by atoms with Crippen molar-refractivity contribution in [3.05, 3.63) is 59.9 Å². The number of hydrogen-bond acceptors (Lipinski definition) is 9. The van der Waals surface area contributed by atoms with E-state index in [0.29, 0.717) is 40.2 Å². The molecule has 12 heteroatoms. The minimum absolute atomic E-state index is 0.00473. The number of anilines is 2. The third-order valence-corrected chi connectivity index (χ3v) is 6.24. The van der Waals surface area contributed by atoms with Gasteiger partial charge in [0.05, 0.1) is 32.8 Å². The number of carbonyl (C=O) groups is 2. The highest BCUT2D eigenvalue weighted by Gasteiger charge is 2.33. The number of amidine groups is 1. The average Bonchev–Trinajstić information content (AvgIpc) is 3.51. The van der Waals surface area contributed by atoms with Gasteiger partial charge in [-0.1, -0.05) is 34.6 Å². The van der Waals surface area contributed by atoms with Gasteiger partial charge in [0.15, 0.2) is 23.2 Å². The van der Waals surface area contributed by atoms with E-state index in [0.717, 1.165) is 11.8 Å². The van der Waals surface area contributed by atoms with Crippen LogP contribution in [0.2, 0.25) is 0 Å². The van der Waals surface area contributed by atoms with Gasteiger partial charge in [-0.2, -0.15) is 0 Å². The number of benzene rings is 2. The number of nitrogens with zero attached hydrogens (tertiary/aromatic N) is 4. The minimum atomic E-state index is -0.342. The first-order chi connectivity index (χ1) is 18.0. The Bertz CT molecular complexity index is 1350. The summed E-state index contributed by atoms with van der Waals surface area (Å²) in [5.41, 5.74) is 1.39. The van der Waals surface area contributed by atoms with Gasteiger partial charge in [0.2, 0.25) is 11.2 Å². The fourth-order valence-corrected chi connectivity index (χ4v) is 4.31. The van der Waals surface area contributed by atoms with Gasteiger partial charge in [-0.05, 0) is 31.2 Å². The van der Waals surface area contributed by atoms with E-state index >= 15 is 0 Å². The van der Waals surface area contributed by atoms with E-state index < -0.39 is 0 Å². The second-order valence-corrected chi connectivity index (χ2v) is 8.55. The molecule has 0 aliphatic carbocycles. The molecule has 192 valence electrons. The average molecular weight is 525 g/mol. The van der Waals surface area contributed by atoms with Crippen molar-refractivity contribution in [2.45, 2.75) is 13.5 Å². The topological polar surface area (TPSA) is 119 Å². The first-order valence-corrected chi connectivity index (χ1v) is 12.2. The number of rotatable bonds is 9. The zero-order valence-corrected chi connectivity index (χ0v) is 21.6. The Labute approximate surface area is 217 Å². The maximum absolute atomic E-state index is 13.5. The molecular formula is C25H26N5O6S+. The van der Waals surface area contributed by atoms with Gasteiger partial charge in [-0.15, -0.1) is 0 Å². The van der Waals surface area contributed by atoms with Crippen LogP contribution < -0.4 is 29.1 Å². The predicted molar refractivity (Wildman–Crippen MR) is 139 cm³/mol. The van der Waals surface area contributed by atoms with E-state index in [2.05, 4.69) is 15.6 Å². The number of amides is 2. The lowest BCUT2D eigenvalue weighted by atomic mass is 10.1. The molecular weight excluding hydrogens is 498 g/mol. The highest BCUT2D eigenvalue weighted by atomic mass is 32.2. The van der Waals surface area contributed by atoms with Crippen molar-refractivity contribution in [3.63, 3.8) is 0 Å². The first-order valence-electron chi connectivity index (χ1n) is 11.3. The Morgan fingerprint density at radius 2 is 1.81 bits per heavy atom. The van der Waals surface area contributed by atoms with Crippen molar-refractivity contribution in [2.24, 2.45) is 4.99 Å². The number of nitrogens with one attached hydrogen (secondary N) is 1. The van der Waals surface area contributed by atoms with Gasteiger partial charge >= 0.3 is 5.88 Å². The van der Waals surface area contributed by atoms with E-state index in [1.807, 2.05) is 25.1 Å². The fraction of sp³-hybridized carbons (Fsp3) is 0.240. The summed E-state index contributed by atoms with van der Waals surface area (Å²) in [5, 5.41) is 6.79. The van der Waals surface area contributed by atoms with Gasteiger partial charge in [0.25, 0.3) is 12.1 Å². The summed E-state index contributed by atoms with van der Waals surface area (Å²) in [6.07, 6.45) is 3.21. The van der Waals surface area contributed by atoms with E-state index in [9.17, 15) is 9.59 Å². The number of aliphatic imine (C=N–C) groups is 1. The molecule has 2 aromatic carbocycles. The maximum Gasteiger partial charge on any atom is 0.302 e. The van der Waals surface area contributed by atoms with Crippen LogP contribution in [0.1, 0.15) is 12.5 Å². The smallest absolute Gasteiger partial charge is 0.302 e. The molecule has 0 atom stereocenters. The Balaban J connectivity index is 1.62. The van der Waals surface area contributed by atoms with E-state index in [-0.39, 0.29) is 29.1 Å². The van der Waals surface area contributed by atoms with Crippen LogP contribution in [0.4, 0.5) is 11.6 Å². The Hall–Kier alpha value is -4.32. The highest BCUT2D eigenvalue weighted by Crippen LogP contribution is 2.37. The van der Waals surface area contributed by atoms with Crippen LogP contribution in [0.3, 0.4) is 0 Å². The molecule has 37 heavy (non-hydrogen) atoms. The van der Waals surface area contributed by atoms with Crippen molar-refractivity contribution in [3.8, 4) is 17.2 Å². The summed E-state index contributed by atoms with van der Waals surface area (Å²) in [7, 11) is 4.58. The summed E-state index contributed by atoms with van der Waals surface area (Å²) in [5.74, 6) is 1.01. The molecule has 0 unspecified atom stereocenters. The van der Waals surface area contributed by atoms with E-state index in [1.54, 1.807) is 41.2 Å². The number of para-hydroxylation sites is 1. The second kappa shape index (κ2) is 11.6.